The molecule has 1 aromatic heterocycles. The van der Waals surface area contributed by atoms with Gasteiger partial charge in [0.2, 0.25) is 0 Å². The van der Waals surface area contributed by atoms with Crippen LogP contribution < -0.4 is 5.73 Å². The van der Waals surface area contributed by atoms with Gasteiger partial charge >= 0.3 is 0 Å². The van der Waals surface area contributed by atoms with Gasteiger partial charge in [-0.05, 0) is 18.8 Å². The second-order valence-corrected chi connectivity index (χ2v) is 6.83. The lowest BCUT2D eigenvalue weighted by molar-refractivity contribution is 0.314. The first-order chi connectivity index (χ1) is 8.48. The average Bonchev–Trinajstić information content (AvgIpc) is 2.98. The second-order valence-electron chi connectivity index (χ2n) is 5.00. The number of H-pyrrole nitrogens is 1. The SMILES string of the molecule is CC(C)C1CCCN1S(=O)(=O)c1[nH]ncc1CN. The van der Waals surface area contributed by atoms with Gasteiger partial charge in [-0.3, -0.25) is 5.10 Å². The van der Waals surface area contributed by atoms with Crippen LogP contribution in [0.15, 0.2) is 11.2 Å². The van der Waals surface area contributed by atoms with Gasteiger partial charge in [0.05, 0.1) is 6.20 Å². The summed E-state index contributed by atoms with van der Waals surface area (Å²) in [5.74, 6) is 0.312. The zero-order valence-corrected chi connectivity index (χ0v) is 11.6. The van der Waals surface area contributed by atoms with Crippen LogP contribution in [0.25, 0.3) is 0 Å². The predicted molar refractivity (Wildman–Crippen MR) is 68.2 cm³/mol. The minimum absolute atomic E-state index is 0.0731. The Kier molecular flexibility index (Phi) is 3.74. The number of rotatable bonds is 4. The summed E-state index contributed by atoms with van der Waals surface area (Å²) in [6, 6.07) is 0.0731. The lowest BCUT2D eigenvalue weighted by Gasteiger charge is -2.26. The summed E-state index contributed by atoms with van der Waals surface area (Å²) in [4.78, 5) is 0. The van der Waals surface area contributed by atoms with E-state index in [4.69, 9.17) is 5.73 Å². The van der Waals surface area contributed by atoms with Crippen LogP contribution >= 0.6 is 0 Å². The molecular weight excluding hydrogens is 252 g/mol. The van der Waals surface area contributed by atoms with Crippen molar-refractivity contribution in [2.75, 3.05) is 6.54 Å². The minimum atomic E-state index is -3.50. The Bertz CT molecular complexity index is 509. The normalized spacial score (nSPS) is 21.9. The molecule has 0 spiro atoms. The molecule has 18 heavy (non-hydrogen) atoms. The van der Waals surface area contributed by atoms with Crippen molar-refractivity contribution in [2.45, 2.75) is 44.3 Å². The molecule has 2 rings (SSSR count). The van der Waals surface area contributed by atoms with Crippen LogP contribution in [0.1, 0.15) is 32.3 Å². The molecule has 0 aliphatic carbocycles. The number of nitrogens with two attached hydrogens (primary N) is 1. The van der Waals surface area contributed by atoms with E-state index in [1.807, 2.05) is 0 Å². The number of sulfonamides is 1. The van der Waals surface area contributed by atoms with Gasteiger partial charge in [0.25, 0.3) is 10.0 Å². The number of nitrogens with zero attached hydrogens (tertiary/aromatic N) is 2. The van der Waals surface area contributed by atoms with Crippen molar-refractivity contribution >= 4 is 10.0 Å². The molecule has 3 N–H and O–H groups in total. The van der Waals surface area contributed by atoms with Gasteiger partial charge in [0.1, 0.15) is 0 Å². The molecule has 0 bridgehead atoms. The van der Waals surface area contributed by atoms with E-state index in [1.165, 1.54) is 6.20 Å². The Morgan fingerprint density at radius 2 is 2.33 bits per heavy atom. The monoisotopic (exact) mass is 272 g/mol. The van der Waals surface area contributed by atoms with Crippen LogP contribution in [0.2, 0.25) is 0 Å². The molecule has 0 saturated carbocycles. The Balaban J connectivity index is 2.37. The summed E-state index contributed by atoms with van der Waals surface area (Å²) in [5.41, 5.74) is 6.09. The van der Waals surface area contributed by atoms with E-state index < -0.39 is 10.0 Å². The highest BCUT2D eigenvalue weighted by Gasteiger charge is 2.38. The molecule has 1 aliphatic rings. The zero-order valence-electron chi connectivity index (χ0n) is 10.8. The lowest BCUT2D eigenvalue weighted by atomic mass is 10.0. The van der Waals surface area contributed by atoms with E-state index in [0.29, 0.717) is 18.0 Å². The number of aromatic amines is 1. The van der Waals surface area contributed by atoms with Gasteiger partial charge in [0, 0.05) is 24.7 Å². The second kappa shape index (κ2) is 4.99. The molecule has 0 radical (unpaired) electrons. The molecule has 6 nitrogen and oxygen atoms in total. The van der Waals surface area contributed by atoms with Crippen molar-refractivity contribution in [2.24, 2.45) is 11.7 Å². The molecule has 1 aliphatic heterocycles. The van der Waals surface area contributed by atoms with E-state index >= 15 is 0 Å². The third-order valence-electron chi connectivity index (χ3n) is 3.48. The van der Waals surface area contributed by atoms with Crippen LogP contribution in [0.4, 0.5) is 0 Å². The van der Waals surface area contributed by atoms with E-state index in [1.54, 1.807) is 4.31 Å². The summed E-state index contributed by atoms with van der Waals surface area (Å²) < 4.78 is 26.8. The molecule has 0 aromatic carbocycles. The summed E-state index contributed by atoms with van der Waals surface area (Å²) in [5, 5.41) is 6.51. The Morgan fingerprint density at radius 3 is 2.94 bits per heavy atom. The van der Waals surface area contributed by atoms with Gasteiger partial charge in [-0.2, -0.15) is 9.40 Å². The maximum absolute atomic E-state index is 12.6. The van der Waals surface area contributed by atoms with Crippen molar-refractivity contribution in [1.29, 1.82) is 0 Å². The van der Waals surface area contributed by atoms with Crippen LogP contribution in [0, 0.1) is 5.92 Å². The highest BCUT2D eigenvalue weighted by molar-refractivity contribution is 7.89. The fraction of sp³-hybridized carbons (Fsp3) is 0.727. The van der Waals surface area contributed by atoms with E-state index in [9.17, 15) is 8.42 Å². The largest absolute Gasteiger partial charge is 0.326 e. The van der Waals surface area contributed by atoms with Crippen LogP contribution in [0.3, 0.4) is 0 Å². The van der Waals surface area contributed by atoms with Crippen molar-refractivity contribution < 1.29 is 8.42 Å². The molecule has 1 fully saturated rings. The summed E-state index contributed by atoms with van der Waals surface area (Å²) in [6.07, 6.45) is 3.31. The molecule has 1 saturated heterocycles. The molecule has 2 heterocycles. The highest BCUT2D eigenvalue weighted by Crippen LogP contribution is 2.30. The van der Waals surface area contributed by atoms with Crippen molar-refractivity contribution in [3.63, 3.8) is 0 Å². The van der Waals surface area contributed by atoms with Crippen molar-refractivity contribution in [3.8, 4) is 0 Å². The summed E-state index contributed by atoms with van der Waals surface area (Å²) in [7, 11) is -3.50. The maximum Gasteiger partial charge on any atom is 0.260 e. The number of hydrogen-bond acceptors (Lipinski definition) is 4. The van der Waals surface area contributed by atoms with Crippen molar-refractivity contribution in [3.05, 3.63) is 11.8 Å². The van der Waals surface area contributed by atoms with E-state index in [0.717, 1.165) is 12.8 Å². The van der Waals surface area contributed by atoms with Crippen LogP contribution in [-0.2, 0) is 16.6 Å². The minimum Gasteiger partial charge on any atom is -0.326 e. The fourth-order valence-corrected chi connectivity index (χ4v) is 4.46. The first kappa shape index (κ1) is 13.5. The molecular formula is C11H20N4O2S. The Hall–Kier alpha value is -0.920. The maximum atomic E-state index is 12.6. The van der Waals surface area contributed by atoms with Gasteiger partial charge in [-0.25, -0.2) is 8.42 Å². The van der Waals surface area contributed by atoms with E-state index in [2.05, 4.69) is 24.0 Å². The number of hydrogen-bond donors (Lipinski definition) is 2. The topological polar surface area (TPSA) is 92.1 Å². The van der Waals surface area contributed by atoms with E-state index in [-0.39, 0.29) is 17.6 Å². The molecule has 102 valence electrons. The smallest absolute Gasteiger partial charge is 0.260 e. The Morgan fingerprint density at radius 1 is 1.61 bits per heavy atom. The molecule has 1 atom stereocenters. The van der Waals surface area contributed by atoms with Gasteiger partial charge in [0.15, 0.2) is 5.03 Å². The summed E-state index contributed by atoms with van der Waals surface area (Å²) in [6.45, 7) is 4.85. The molecule has 0 amide bonds. The van der Waals surface area contributed by atoms with Crippen LogP contribution in [0.5, 0.6) is 0 Å². The van der Waals surface area contributed by atoms with Gasteiger partial charge in [-0.1, -0.05) is 13.8 Å². The highest BCUT2D eigenvalue weighted by atomic mass is 32.2. The van der Waals surface area contributed by atoms with Crippen LogP contribution in [-0.4, -0.2) is 35.5 Å². The third-order valence-corrected chi connectivity index (χ3v) is 5.42. The average molecular weight is 272 g/mol. The molecule has 1 unspecified atom stereocenters. The third kappa shape index (κ3) is 2.17. The first-order valence-corrected chi connectivity index (χ1v) is 7.66. The standard InChI is InChI=1S/C11H20N4O2S/c1-8(2)10-4-3-5-15(10)18(16,17)11-9(6-12)7-13-14-11/h7-8,10H,3-6,12H2,1-2H3,(H,13,14). The molecule has 7 heteroatoms. The quantitative estimate of drug-likeness (QED) is 0.843. The predicted octanol–water partition coefficient (Wildman–Crippen LogP) is 0.678. The van der Waals surface area contributed by atoms with Gasteiger partial charge in [-0.15, -0.1) is 0 Å². The van der Waals surface area contributed by atoms with Gasteiger partial charge < -0.3 is 5.73 Å². The zero-order chi connectivity index (χ0) is 13.3. The summed E-state index contributed by atoms with van der Waals surface area (Å²) >= 11 is 0. The fourth-order valence-electron chi connectivity index (χ4n) is 2.52. The number of aromatic nitrogens is 2. The lowest BCUT2D eigenvalue weighted by Crippen LogP contribution is -2.39. The number of nitrogens with one attached hydrogen (secondary N) is 1. The Labute approximate surface area is 108 Å². The van der Waals surface area contributed by atoms with Crippen molar-refractivity contribution in [1.82, 2.24) is 14.5 Å². The first-order valence-electron chi connectivity index (χ1n) is 6.22. The molecule has 1 aromatic rings.